The van der Waals surface area contributed by atoms with Crippen LogP contribution in [-0.4, -0.2) is 11.6 Å². The zero-order valence-corrected chi connectivity index (χ0v) is 11.0. The fourth-order valence-electron chi connectivity index (χ4n) is 2.53. The number of hydrogen-bond donors (Lipinski definition) is 1. The first kappa shape index (κ1) is 12.2. The minimum absolute atomic E-state index is 0.234. The molecule has 0 bridgehead atoms. The first-order valence-electron chi connectivity index (χ1n) is 6.73. The van der Waals surface area contributed by atoms with E-state index in [1.54, 1.807) is 0 Å². The van der Waals surface area contributed by atoms with E-state index in [4.69, 9.17) is 4.74 Å². The van der Waals surface area contributed by atoms with E-state index in [9.17, 15) is 0 Å². The minimum Gasteiger partial charge on any atom is -0.493 e. The lowest BCUT2D eigenvalue weighted by molar-refractivity contribution is 0.245. The number of rotatable bonds is 3. The molecule has 2 heterocycles. The summed E-state index contributed by atoms with van der Waals surface area (Å²) in [5, 5.41) is 3.65. The molecule has 1 aliphatic rings. The Kier molecular flexibility index (Phi) is 3.47. The zero-order chi connectivity index (χ0) is 13.1. The van der Waals surface area contributed by atoms with Gasteiger partial charge in [-0.1, -0.05) is 24.3 Å². The van der Waals surface area contributed by atoms with Crippen LogP contribution >= 0.6 is 0 Å². The number of nitrogens with zero attached hydrogens (tertiary/aromatic N) is 1. The van der Waals surface area contributed by atoms with Crippen LogP contribution in [0.15, 0.2) is 48.7 Å². The number of benzene rings is 1. The molecule has 1 unspecified atom stereocenters. The average molecular weight is 254 g/mol. The summed E-state index contributed by atoms with van der Waals surface area (Å²) < 4.78 is 5.69. The molecule has 3 nitrogen and oxygen atoms in total. The number of nitrogens with one attached hydrogen (secondary N) is 1. The highest BCUT2D eigenvalue weighted by Crippen LogP contribution is 2.32. The number of aromatic nitrogens is 1. The average Bonchev–Trinajstić information content (AvgIpc) is 2.48. The van der Waals surface area contributed by atoms with Gasteiger partial charge in [-0.15, -0.1) is 0 Å². The Hall–Kier alpha value is -1.87. The Morgan fingerprint density at radius 3 is 2.89 bits per heavy atom. The molecule has 1 aromatic carbocycles. The van der Waals surface area contributed by atoms with Gasteiger partial charge in [0.25, 0.3) is 0 Å². The van der Waals surface area contributed by atoms with Crippen LogP contribution in [0.3, 0.4) is 0 Å². The van der Waals surface area contributed by atoms with Gasteiger partial charge in [0.15, 0.2) is 0 Å². The third kappa shape index (κ3) is 2.61. The van der Waals surface area contributed by atoms with Crippen molar-refractivity contribution in [2.24, 2.45) is 0 Å². The normalized spacial score (nSPS) is 19.3. The van der Waals surface area contributed by atoms with Crippen molar-refractivity contribution in [3.8, 4) is 5.75 Å². The van der Waals surface area contributed by atoms with E-state index in [1.165, 1.54) is 5.56 Å². The Morgan fingerprint density at radius 1 is 1.21 bits per heavy atom. The molecule has 3 heteroatoms. The summed E-state index contributed by atoms with van der Waals surface area (Å²) in [7, 11) is 0. The van der Waals surface area contributed by atoms with Gasteiger partial charge in [0.05, 0.1) is 12.3 Å². The number of para-hydroxylation sites is 1. The predicted molar refractivity (Wildman–Crippen MR) is 75.1 cm³/mol. The Labute approximate surface area is 113 Å². The van der Waals surface area contributed by atoms with E-state index in [-0.39, 0.29) is 6.04 Å². The van der Waals surface area contributed by atoms with E-state index in [0.29, 0.717) is 6.04 Å². The molecule has 0 fully saturated rings. The predicted octanol–water partition coefficient (Wildman–Crippen LogP) is 3.26. The molecule has 0 saturated heterocycles. The highest BCUT2D eigenvalue weighted by Gasteiger charge is 2.22. The van der Waals surface area contributed by atoms with Crippen LogP contribution < -0.4 is 10.1 Å². The summed E-state index contributed by atoms with van der Waals surface area (Å²) in [6.07, 6.45) is 2.83. The fraction of sp³-hybridized carbons (Fsp3) is 0.312. The molecular weight excluding hydrogens is 236 g/mol. The van der Waals surface area contributed by atoms with Crippen LogP contribution in [-0.2, 0) is 0 Å². The molecule has 0 spiro atoms. The Balaban J connectivity index is 1.78. The third-order valence-corrected chi connectivity index (χ3v) is 3.54. The van der Waals surface area contributed by atoms with Crippen LogP contribution in [0, 0.1) is 0 Å². The summed E-state index contributed by atoms with van der Waals surface area (Å²) >= 11 is 0. The van der Waals surface area contributed by atoms with Gasteiger partial charge < -0.3 is 10.1 Å². The van der Waals surface area contributed by atoms with Crippen LogP contribution in [0.1, 0.15) is 36.7 Å². The van der Waals surface area contributed by atoms with Crippen molar-refractivity contribution in [3.63, 3.8) is 0 Å². The number of hydrogen-bond acceptors (Lipinski definition) is 3. The molecule has 0 aliphatic carbocycles. The lowest BCUT2D eigenvalue weighted by Crippen LogP contribution is -2.29. The van der Waals surface area contributed by atoms with Gasteiger partial charge in [0.2, 0.25) is 0 Å². The Morgan fingerprint density at radius 2 is 2.05 bits per heavy atom. The molecular formula is C16H18N2O. The molecule has 1 aliphatic heterocycles. The van der Waals surface area contributed by atoms with Crippen molar-refractivity contribution in [2.45, 2.75) is 25.4 Å². The van der Waals surface area contributed by atoms with Crippen LogP contribution in [0.25, 0.3) is 0 Å². The fourth-order valence-corrected chi connectivity index (χ4v) is 2.53. The van der Waals surface area contributed by atoms with E-state index in [0.717, 1.165) is 24.5 Å². The van der Waals surface area contributed by atoms with Crippen LogP contribution in [0.4, 0.5) is 0 Å². The van der Waals surface area contributed by atoms with Crippen molar-refractivity contribution < 1.29 is 4.74 Å². The monoisotopic (exact) mass is 254 g/mol. The first-order chi connectivity index (χ1) is 9.34. The van der Waals surface area contributed by atoms with Gasteiger partial charge in [-0.3, -0.25) is 4.98 Å². The smallest absolute Gasteiger partial charge is 0.124 e. The summed E-state index contributed by atoms with van der Waals surface area (Å²) in [4.78, 5) is 4.41. The van der Waals surface area contributed by atoms with Crippen molar-refractivity contribution in [3.05, 3.63) is 59.9 Å². The molecule has 0 amide bonds. The minimum atomic E-state index is 0.234. The van der Waals surface area contributed by atoms with Gasteiger partial charge in [-0.25, -0.2) is 0 Å². The summed E-state index contributed by atoms with van der Waals surface area (Å²) in [5.74, 6) is 1.000. The van der Waals surface area contributed by atoms with Gasteiger partial charge >= 0.3 is 0 Å². The maximum atomic E-state index is 5.69. The lowest BCUT2D eigenvalue weighted by Gasteiger charge is -2.29. The highest BCUT2D eigenvalue weighted by molar-refractivity contribution is 5.37. The van der Waals surface area contributed by atoms with Crippen LogP contribution in [0.5, 0.6) is 5.75 Å². The maximum Gasteiger partial charge on any atom is 0.124 e. The number of ether oxygens (including phenoxy) is 1. The van der Waals surface area contributed by atoms with Gasteiger partial charge in [0, 0.05) is 30.3 Å². The van der Waals surface area contributed by atoms with Crippen molar-refractivity contribution >= 4 is 0 Å². The highest BCUT2D eigenvalue weighted by atomic mass is 16.5. The second-order valence-corrected chi connectivity index (χ2v) is 4.87. The first-order valence-corrected chi connectivity index (χ1v) is 6.73. The quantitative estimate of drug-likeness (QED) is 0.913. The van der Waals surface area contributed by atoms with Crippen molar-refractivity contribution in [2.75, 3.05) is 6.61 Å². The molecule has 3 rings (SSSR count). The van der Waals surface area contributed by atoms with Gasteiger partial charge in [-0.05, 0) is 25.1 Å². The van der Waals surface area contributed by atoms with Gasteiger partial charge in [0.1, 0.15) is 5.75 Å². The van der Waals surface area contributed by atoms with Gasteiger partial charge in [-0.2, -0.15) is 0 Å². The molecule has 2 aromatic rings. The number of pyridine rings is 1. The second-order valence-electron chi connectivity index (χ2n) is 4.87. The summed E-state index contributed by atoms with van der Waals surface area (Å²) in [6, 6.07) is 14.9. The van der Waals surface area contributed by atoms with E-state index < -0.39 is 0 Å². The van der Waals surface area contributed by atoms with Crippen molar-refractivity contribution in [1.82, 2.24) is 10.3 Å². The Bertz CT molecular complexity index is 541. The molecule has 0 radical (unpaired) electrons. The molecule has 2 atom stereocenters. The summed E-state index contributed by atoms with van der Waals surface area (Å²) in [5.41, 5.74) is 2.32. The molecule has 19 heavy (non-hydrogen) atoms. The largest absolute Gasteiger partial charge is 0.493 e. The molecule has 1 aromatic heterocycles. The SMILES string of the molecule is C[C@@H](NC1CCOc2ccccc21)c1ccccn1. The second kappa shape index (κ2) is 5.41. The van der Waals surface area contributed by atoms with E-state index in [2.05, 4.69) is 35.4 Å². The van der Waals surface area contributed by atoms with Crippen molar-refractivity contribution in [1.29, 1.82) is 0 Å². The topological polar surface area (TPSA) is 34.1 Å². The van der Waals surface area contributed by atoms with E-state index >= 15 is 0 Å². The number of fused-ring (bicyclic) bond motifs is 1. The molecule has 98 valence electrons. The molecule has 1 N–H and O–H groups in total. The van der Waals surface area contributed by atoms with Crippen LogP contribution in [0.2, 0.25) is 0 Å². The zero-order valence-electron chi connectivity index (χ0n) is 11.0. The lowest BCUT2D eigenvalue weighted by atomic mass is 9.99. The maximum absolute atomic E-state index is 5.69. The standard InChI is InChI=1S/C16H18N2O/c1-12(14-7-4-5-10-17-14)18-15-9-11-19-16-8-3-2-6-13(15)16/h2-8,10,12,15,18H,9,11H2,1H3/t12-,15?/m1/s1. The molecule has 0 saturated carbocycles. The summed E-state index contributed by atoms with van der Waals surface area (Å²) in [6.45, 7) is 2.92. The van der Waals surface area contributed by atoms with E-state index in [1.807, 2.05) is 30.5 Å². The third-order valence-electron chi connectivity index (χ3n) is 3.54.